The zero-order valence-corrected chi connectivity index (χ0v) is 15.1. The maximum atomic E-state index is 12.9. The number of hydrogen-bond donors (Lipinski definition) is 2. The molecule has 1 amide bonds. The van der Waals surface area contributed by atoms with E-state index < -0.39 is 0 Å². The first-order valence-corrected chi connectivity index (χ1v) is 8.88. The monoisotopic (exact) mass is 385 g/mol. The first-order valence-electron chi connectivity index (χ1n) is 8.88. The van der Waals surface area contributed by atoms with Crippen molar-refractivity contribution in [2.24, 2.45) is 0 Å². The molecule has 0 saturated heterocycles. The normalized spacial score (nSPS) is 11.2. The van der Waals surface area contributed by atoms with Gasteiger partial charge in [0.25, 0.3) is 0 Å². The molecular formula is C20H15N7O2. The van der Waals surface area contributed by atoms with Crippen molar-refractivity contribution in [1.82, 2.24) is 24.8 Å². The summed E-state index contributed by atoms with van der Waals surface area (Å²) in [5.41, 5.74) is 9.13. The lowest BCUT2D eigenvalue weighted by atomic mass is 10.2. The minimum absolute atomic E-state index is 0.0127. The second-order valence-corrected chi connectivity index (χ2v) is 6.43. The lowest BCUT2D eigenvalue weighted by molar-refractivity contribution is -0.116. The Morgan fingerprint density at radius 3 is 2.76 bits per heavy atom. The molecule has 0 bridgehead atoms. The third-order valence-electron chi connectivity index (χ3n) is 4.60. The van der Waals surface area contributed by atoms with Crippen LogP contribution in [0.25, 0.3) is 33.5 Å². The molecule has 0 radical (unpaired) electrons. The molecule has 3 N–H and O–H groups in total. The van der Waals surface area contributed by atoms with E-state index in [1.807, 2.05) is 54.6 Å². The van der Waals surface area contributed by atoms with E-state index in [0.29, 0.717) is 22.7 Å². The molecule has 9 nitrogen and oxygen atoms in total. The third-order valence-corrected chi connectivity index (χ3v) is 4.60. The number of rotatable bonds is 4. The van der Waals surface area contributed by atoms with Gasteiger partial charge >= 0.3 is 0 Å². The second kappa shape index (κ2) is 6.71. The standard InChI is InChI=1S/C20H15N7O2/c21-19-18(25-29-26-19)20-24-15-6-1-2-9-16(15)27(20)11-17(28)23-14-8-3-7-13-12(14)5-4-10-22-13/h1-10H,11H2,(H2,21,26)(H,23,28). The van der Waals surface area contributed by atoms with Gasteiger partial charge in [-0.05, 0) is 46.7 Å². The number of benzene rings is 2. The molecule has 0 atom stereocenters. The topological polar surface area (TPSA) is 125 Å². The van der Waals surface area contributed by atoms with Gasteiger partial charge in [-0.2, -0.15) is 0 Å². The number of fused-ring (bicyclic) bond motifs is 2. The van der Waals surface area contributed by atoms with Crippen molar-refractivity contribution < 1.29 is 9.42 Å². The molecule has 2 aromatic carbocycles. The van der Waals surface area contributed by atoms with E-state index in [0.717, 1.165) is 16.4 Å². The van der Waals surface area contributed by atoms with Gasteiger partial charge in [0.2, 0.25) is 5.91 Å². The largest absolute Gasteiger partial charge is 0.379 e. The molecular weight excluding hydrogens is 370 g/mol. The van der Waals surface area contributed by atoms with Crippen LogP contribution in [0.15, 0.2) is 65.4 Å². The average Bonchev–Trinajstić information content (AvgIpc) is 3.32. The Morgan fingerprint density at radius 1 is 1.03 bits per heavy atom. The smallest absolute Gasteiger partial charge is 0.244 e. The van der Waals surface area contributed by atoms with Crippen LogP contribution >= 0.6 is 0 Å². The maximum absolute atomic E-state index is 12.9. The van der Waals surface area contributed by atoms with E-state index in [2.05, 4.69) is 25.6 Å². The fourth-order valence-corrected chi connectivity index (χ4v) is 3.31. The summed E-state index contributed by atoms with van der Waals surface area (Å²) >= 11 is 0. The van der Waals surface area contributed by atoms with Gasteiger partial charge in [-0.1, -0.05) is 18.2 Å². The van der Waals surface area contributed by atoms with Crippen LogP contribution in [0.3, 0.4) is 0 Å². The van der Waals surface area contributed by atoms with Crippen LogP contribution in [0.1, 0.15) is 0 Å². The Kier molecular flexibility index (Phi) is 3.91. The molecule has 9 heteroatoms. The summed E-state index contributed by atoms with van der Waals surface area (Å²) in [7, 11) is 0. The van der Waals surface area contributed by atoms with Crippen LogP contribution < -0.4 is 11.1 Å². The summed E-state index contributed by atoms with van der Waals surface area (Å²) in [5, 5.41) is 11.3. The SMILES string of the molecule is Nc1nonc1-c1nc2ccccc2n1CC(=O)Nc1cccc2ncccc12. The molecule has 142 valence electrons. The van der Waals surface area contributed by atoms with Crippen molar-refractivity contribution >= 4 is 39.3 Å². The number of anilines is 2. The number of amides is 1. The van der Waals surface area contributed by atoms with Gasteiger partial charge in [-0.15, -0.1) is 0 Å². The minimum atomic E-state index is -0.221. The molecule has 5 aromatic rings. The van der Waals surface area contributed by atoms with E-state index in [-0.39, 0.29) is 18.3 Å². The molecule has 0 saturated carbocycles. The van der Waals surface area contributed by atoms with Gasteiger partial charge in [0, 0.05) is 11.6 Å². The van der Waals surface area contributed by atoms with Crippen LogP contribution in [0.2, 0.25) is 0 Å². The molecule has 3 heterocycles. The van der Waals surface area contributed by atoms with E-state index >= 15 is 0 Å². The van der Waals surface area contributed by atoms with E-state index in [1.165, 1.54) is 0 Å². The third kappa shape index (κ3) is 2.94. The Hall–Kier alpha value is -4.27. The van der Waals surface area contributed by atoms with Crippen molar-refractivity contribution in [3.63, 3.8) is 0 Å². The molecule has 5 rings (SSSR count). The molecule has 0 aliphatic heterocycles. The Morgan fingerprint density at radius 2 is 1.90 bits per heavy atom. The van der Waals surface area contributed by atoms with Crippen molar-refractivity contribution in [2.75, 3.05) is 11.1 Å². The summed E-state index contributed by atoms with van der Waals surface area (Å²) in [5.74, 6) is 0.308. The van der Waals surface area contributed by atoms with Crippen molar-refractivity contribution in [3.8, 4) is 11.5 Å². The number of nitrogens with two attached hydrogens (primary N) is 1. The highest BCUT2D eigenvalue weighted by molar-refractivity contribution is 6.01. The summed E-state index contributed by atoms with van der Waals surface area (Å²) in [6.07, 6.45) is 1.72. The average molecular weight is 385 g/mol. The summed E-state index contributed by atoms with van der Waals surface area (Å²) in [6.45, 7) is 0.0127. The molecule has 0 aliphatic rings. The van der Waals surface area contributed by atoms with Crippen LogP contribution in [0.4, 0.5) is 11.5 Å². The van der Waals surface area contributed by atoms with Crippen LogP contribution in [-0.2, 0) is 11.3 Å². The van der Waals surface area contributed by atoms with Crippen LogP contribution in [-0.4, -0.2) is 30.8 Å². The fraction of sp³-hybridized carbons (Fsp3) is 0.0500. The van der Waals surface area contributed by atoms with Gasteiger partial charge in [0.05, 0.1) is 22.2 Å². The van der Waals surface area contributed by atoms with Gasteiger partial charge in [-0.25, -0.2) is 9.61 Å². The first kappa shape index (κ1) is 16.9. The lowest BCUT2D eigenvalue weighted by Crippen LogP contribution is -2.19. The predicted octanol–water partition coefficient (Wildman–Crippen LogP) is 2.86. The summed E-state index contributed by atoms with van der Waals surface area (Å²) in [4.78, 5) is 21.8. The molecule has 3 aromatic heterocycles. The fourth-order valence-electron chi connectivity index (χ4n) is 3.31. The number of carbonyl (C=O) groups excluding carboxylic acids is 1. The van der Waals surface area contributed by atoms with E-state index in [9.17, 15) is 4.79 Å². The van der Waals surface area contributed by atoms with Gasteiger partial charge in [0.1, 0.15) is 6.54 Å². The minimum Gasteiger partial charge on any atom is -0.379 e. The van der Waals surface area contributed by atoms with Crippen LogP contribution in [0.5, 0.6) is 0 Å². The summed E-state index contributed by atoms with van der Waals surface area (Å²) < 4.78 is 6.45. The molecule has 29 heavy (non-hydrogen) atoms. The van der Waals surface area contributed by atoms with Gasteiger partial charge in [-0.3, -0.25) is 9.78 Å². The molecule has 0 unspecified atom stereocenters. The highest BCUT2D eigenvalue weighted by atomic mass is 16.6. The number of nitrogens with one attached hydrogen (secondary N) is 1. The van der Waals surface area contributed by atoms with Crippen molar-refractivity contribution in [3.05, 3.63) is 60.8 Å². The highest BCUT2D eigenvalue weighted by Gasteiger charge is 2.20. The predicted molar refractivity (Wildman–Crippen MR) is 108 cm³/mol. The number of para-hydroxylation sites is 2. The number of aromatic nitrogens is 5. The number of nitrogens with zero attached hydrogens (tertiary/aromatic N) is 5. The Labute approximate surface area is 164 Å². The first-order chi connectivity index (χ1) is 14.2. The number of hydrogen-bond acceptors (Lipinski definition) is 7. The summed E-state index contributed by atoms with van der Waals surface area (Å²) in [6, 6.07) is 16.8. The molecule has 0 fully saturated rings. The quantitative estimate of drug-likeness (QED) is 0.487. The maximum Gasteiger partial charge on any atom is 0.244 e. The lowest BCUT2D eigenvalue weighted by Gasteiger charge is -2.11. The zero-order valence-electron chi connectivity index (χ0n) is 15.1. The second-order valence-electron chi connectivity index (χ2n) is 6.43. The molecule has 0 aliphatic carbocycles. The molecule has 0 spiro atoms. The van der Waals surface area contributed by atoms with Gasteiger partial charge in [0.15, 0.2) is 17.3 Å². The Balaban J connectivity index is 1.53. The van der Waals surface area contributed by atoms with E-state index in [4.69, 9.17) is 10.4 Å². The number of imidazole rings is 1. The van der Waals surface area contributed by atoms with Gasteiger partial charge < -0.3 is 15.6 Å². The number of carbonyl (C=O) groups is 1. The number of pyridine rings is 1. The zero-order chi connectivity index (χ0) is 19.8. The van der Waals surface area contributed by atoms with E-state index in [1.54, 1.807) is 10.8 Å². The van der Waals surface area contributed by atoms with Crippen LogP contribution in [0, 0.1) is 0 Å². The number of nitrogen functional groups attached to an aromatic ring is 1. The highest BCUT2D eigenvalue weighted by Crippen LogP contribution is 2.27. The Bertz CT molecular complexity index is 1350. The van der Waals surface area contributed by atoms with Crippen molar-refractivity contribution in [1.29, 1.82) is 0 Å². The van der Waals surface area contributed by atoms with Crippen molar-refractivity contribution in [2.45, 2.75) is 6.54 Å².